The summed E-state index contributed by atoms with van der Waals surface area (Å²) in [5, 5.41) is 9.44. The number of hydrogen-bond acceptors (Lipinski definition) is 3. The van der Waals surface area contributed by atoms with Crippen LogP contribution in [0.4, 0.5) is 4.39 Å². The largest absolute Gasteiger partial charge is 0.352 e. The van der Waals surface area contributed by atoms with Crippen LogP contribution in [0.2, 0.25) is 5.02 Å². The van der Waals surface area contributed by atoms with Crippen molar-refractivity contribution in [3.63, 3.8) is 0 Å². The SMILES string of the molecule is CN1CCC(CNC(=O)c2cn[nH]c2)C1c1ccc(Cl)c(F)c1. The molecule has 1 saturated heterocycles. The van der Waals surface area contributed by atoms with E-state index in [0.29, 0.717) is 12.1 Å². The first-order valence-corrected chi connectivity index (χ1v) is 7.86. The van der Waals surface area contributed by atoms with Gasteiger partial charge < -0.3 is 5.32 Å². The third kappa shape index (κ3) is 3.38. The van der Waals surface area contributed by atoms with Gasteiger partial charge in [0.1, 0.15) is 5.82 Å². The number of aromatic amines is 1. The van der Waals surface area contributed by atoms with Gasteiger partial charge in [0.15, 0.2) is 0 Å². The maximum atomic E-state index is 13.8. The van der Waals surface area contributed by atoms with Crippen LogP contribution in [-0.4, -0.2) is 41.1 Å². The van der Waals surface area contributed by atoms with Crippen molar-refractivity contribution in [2.24, 2.45) is 5.92 Å². The van der Waals surface area contributed by atoms with Gasteiger partial charge in [-0.2, -0.15) is 5.10 Å². The Hall–Kier alpha value is -1.92. The van der Waals surface area contributed by atoms with Crippen LogP contribution in [0.15, 0.2) is 30.6 Å². The molecule has 2 unspecified atom stereocenters. The summed E-state index contributed by atoms with van der Waals surface area (Å²) in [6.45, 7) is 1.43. The second-order valence-corrected chi connectivity index (χ2v) is 6.25. The van der Waals surface area contributed by atoms with E-state index in [1.54, 1.807) is 12.3 Å². The van der Waals surface area contributed by atoms with Crippen LogP contribution in [0, 0.1) is 11.7 Å². The summed E-state index contributed by atoms with van der Waals surface area (Å²) in [4.78, 5) is 14.2. The minimum Gasteiger partial charge on any atom is -0.352 e. The molecule has 5 nitrogen and oxygen atoms in total. The molecule has 1 aromatic heterocycles. The van der Waals surface area contributed by atoms with E-state index in [1.807, 2.05) is 13.1 Å². The van der Waals surface area contributed by atoms with Gasteiger partial charge in [-0.1, -0.05) is 17.7 Å². The number of carbonyl (C=O) groups excluding carboxylic acids is 1. The molecular weight excluding hydrogens is 319 g/mol. The van der Waals surface area contributed by atoms with E-state index < -0.39 is 5.82 Å². The van der Waals surface area contributed by atoms with Crippen LogP contribution in [0.25, 0.3) is 0 Å². The molecule has 122 valence electrons. The van der Waals surface area contributed by atoms with Crippen molar-refractivity contribution < 1.29 is 9.18 Å². The van der Waals surface area contributed by atoms with Gasteiger partial charge in [0.25, 0.3) is 5.91 Å². The topological polar surface area (TPSA) is 61.0 Å². The average molecular weight is 337 g/mol. The molecule has 1 aliphatic rings. The first-order chi connectivity index (χ1) is 11.1. The number of aromatic nitrogens is 2. The maximum absolute atomic E-state index is 13.8. The summed E-state index contributed by atoms with van der Waals surface area (Å²) in [7, 11) is 2.01. The first kappa shape index (κ1) is 16.0. The fourth-order valence-corrected chi connectivity index (χ4v) is 3.28. The molecule has 7 heteroatoms. The lowest BCUT2D eigenvalue weighted by molar-refractivity contribution is 0.0943. The van der Waals surface area contributed by atoms with Gasteiger partial charge in [0.05, 0.1) is 16.8 Å². The number of hydrogen-bond donors (Lipinski definition) is 2. The minimum atomic E-state index is -0.411. The Balaban J connectivity index is 1.71. The Morgan fingerprint density at radius 2 is 2.39 bits per heavy atom. The molecule has 0 radical (unpaired) electrons. The van der Waals surface area contributed by atoms with Gasteiger partial charge in [-0.15, -0.1) is 0 Å². The molecule has 1 fully saturated rings. The first-order valence-electron chi connectivity index (χ1n) is 7.48. The van der Waals surface area contributed by atoms with Gasteiger partial charge in [-0.3, -0.25) is 14.8 Å². The molecule has 0 bridgehead atoms. The van der Waals surface area contributed by atoms with Crippen LogP contribution in [0.3, 0.4) is 0 Å². The molecule has 0 saturated carbocycles. The highest BCUT2D eigenvalue weighted by atomic mass is 35.5. The monoisotopic (exact) mass is 336 g/mol. The molecule has 1 aliphatic heterocycles. The summed E-state index contributed by atoms with van der Waals surface area (Å²) in [5.41, 5.74) is 1.39. The van der Waals surface area contributed by atoms with E-state index in [1.165, 1.54) is 12.3 Å². The molecule has 23 heavy (non-hydrogen) atoms. The number of nitrogens with one attached hydrogen (secondary N) is 2. The van der Waals surface area contributed by atoms with Gasteiger partial charge in [0.2, 0.25) is 0 Å². The smallest absolute Gasteiger partial charge is 0.254 e. The number of rotatable bonds is 4. The lowest BCUT2D eigenvalue weighted by atomic mass is 9.93. The second-order valence-electron chi connectivity index (χ2n) is 5.84. The predicted molar refractivity (Wildman–Crippen MR) is 85.8 cm³/mol. The maximum Gasteiger partial charge on any atom is 0.254 e. The second kappa shape index (κ2) is 6.68. The third-order valence-corrected chi connectivity index (χ3v) is 4.65. The highest BCUT2D eigenvalue weighted by molar-refractivity contribution is 6.30. The summed E-state index contributed by atoms with van der Waals surface area (Å²) in [5.74, 6) is -0.351. The van der Waals surface area contributed by atoms with Crippen molar-refractivity contribution >= 4 is 17.5 Å². The Bertz CT molecular complexity index is 691. The zero-order valence-corrected chi connectivity index (χ0v) is 13.5. The van der Waals surface area contributed by atoms with Crippen molar-refractivity contribution in [3.05, 3.63) is 52.6 Å². The van der Waals surface area contributed by atoms with Gasteiger partial charge in [-0.25, -0.2) is 4.39 Å². The van der Waals surface area contributed by atoms with Gasteiger partial charge >= 0.3 is 0 Å². The normalized spacial score (nSPS) is 21.5. The van der Waals surface area contributed by atoms with Gasteiger partial charge in [-0.05, 0) is 43.6 Å². The fraction of sp³-hybridized carbons (Fsp3) is 0.375. The Labute approximate surface area is 138 Å². The van der Waals surface area contributed by atoms with E-state index in [0.717, 1.165) is 18.5 Å². The molecule has 2 aromatic rings. The summed E-state index contributed by atoms with van der Waals surface area (Å²) in [6.07, 6.45) is 3.99. The number of amides is 1. The molecule has 2 heterocycles. The van der Waals surface area contributed by atoms with Crippen molar-refractivity contribution in [1.82, 2.24) is 20.4 Å². The van der Waals surface area contributed by atoms with E-state index in [2.05, 4.69) is 20.4 Å². The van der Waals surface area contributed by atoms with Crippen LogP contribution >= 0.6 is 11.6 Å². The van der Waals surface area contributed by atoms with Crippen molar-refractivity contribution in [3.8, 4) is 0 Å². The van der Waals surface area contributed by atoms with Gasteiger partial charge in [0, 0.05) is 18.8 Å². The van der Waals surface area contributed by atoms with Crippen molar-refractivity contribution in [2.75, 3.05) is 20.1 Å². The van der Waals surface area contributed by atoms with Crippen molar-refractivity contribution in [2.45, 2.75) is 12.5 Å². The number of nitrogens with zero attached hydrogens (tertiary/aromatic N) is 2. The van der Waals surface area contributed by atoms with E-state index in [9.17, 15) is 9.18 Å². The molecule has 3 rings (SSSR count). The molecule has 0 spiro atoms. The number of H-pyrrole nitrogens is 1. The molecule has 2 atom stereocenters. The third-order valence-electron chi connectivity index (χ3n) is 4.34. The molecular formula is C16H18ClFN4O. The highest BCUT2D eigenvalue weighted by Crippen LogP contribution is 2.36. The summed E-state index contributed by atoms with van der Waals surface area (Å²) in [6, 6.07) is 4.98. The zero-order valence-electron chi connectivity index (χ0n) is 12.7. The number of carbonyl (C=O) groups is 1. The molecule has 0 aliphatic carbocycles. The average Bonchev–Trinajstić information content (AvgIpc) is 3.18. The fourth-order valence-electron chi connectivity index (χ4n) is 3.16. The van der Waals surface area contributed by atoms with E-state index in [-0.39, 0.29) is 22.9 Å². The summed E-state index contributed by atoms with van der Waals surface area (Å²) >= 11 is 5.77. The summed E-state index contributed by atoms with van der Waals surface area (Å²) < 4.78 is 13.8. The van der Waals surface area contributed by atoms with Crippen LogP contribution in [0.1, 0.15) is 28.4 Å². The number of halogens is 2. The minimum absolute atomic E-state index is 0.0615. The lowest BCUT2D eigenvalue weighted by Crippen LogP contribution is -2.32. The zero-order chi connectivity index (χ0) is 16.4. The quantitative estimate of drug-likeness (QED) is 0.902. The van der Waals surface area contributed by atoms with Crippen molar-refractivity contribution in [1.29, 1.82) is 0 Å². The van der Waals surface area contributed by atoms with E-state index >= 15 is 0 Å². The molecule has 1 amide bonds. The molecule has 1 aromatic carbocycles. The van der Waals surface area contributed by atoms with Crippen LogP contribution in [-0.2, 0) is 0 Å². The Kier molecular flexibility index (Phi) is 4.63. The molecule has 2 N–H and O–H groups in total. The standard InChI is InChI=1S/C16H18ClFN4O/c1-22-5-4-11(7-19-16(23)12-8-20-21-9-12)15(22)10-2-3-13(17)14(18)6-10/h2-3,6,8-9,11,15H,4-5,7H2,1H3,(H,19,23)(H,20,21). The van der Waals surface area contributed by atoms with Crippen LogP contribution < -0.4 is 5.32 Å². The number of benzene rings is 1. The lowest BCUT2D eigenvalue weighted by Gasteiger charge is -2.26. The Morgan fingerprint density at radius 3 is 3.09 bits per heavy atom. The number of likely N-dealkylation sites (tertiary alicyclic amines) is 1. The predicted octanol–water partition coefficient (Wildman–Crippen LogP) is 2.63. The van der Waals surface area contributed by atoms with Crippen LogP contribution in [0.5, 0.6) is 0 Å². The van der Waals surface area contributed by atoms with E-state index in [4.69, 9.17) is 11.6 Å². The highest BCUT2D eigenvalue weighted by Gasteiger charge is 2.33. The Morgan fingerprint density at radius 1 is 1.57 bits per heavy atom.